The zero-order chi connectivity index (χ0) is 13.4. The summed E-state index contributed by atoms with van der Waals surface area (Å²) >= 11 is 0. The van der Waals surface area contributed by atoms with Gasteiger partial charge in [0.15, 0.2) is 0 Å². The van der Waals surface area contributed by atoms with Gasteiger partial charge in [-0.3, -0.25) is 4.90 Å². The molecule has 1 aromatic carbocycles. The predicted molar refractivity (Wildman–Crippen MR) is 75.3 cm³/mol. The molecule has 1 fully saturated rings. The van der Waals surface area contributed by atoms with E-state index in [0.717, 1.165) is 17.9 Å². The standard InChI is InChI=1S/C16H23NO2/c1-11-7-8-12(2)17(9-11)14-10-19-15-6-4-3-5-13(15)16(14)18/h3-6,11-12,14,16,18H,7-10H2,1-2H3. The second-order valence-electron chi connectivity index (χ2n) is 6.09. The molecule has 2 aliphatic heterocycles. The Balaban J connectivity index is 1.83. The normalized spacial score (nSPS) is 35.5. The van der Waals surface area contributed by atoms with Crippen LogP contribution in [0.25, 0.3) is 0 Å². The Morgan fingerprint density at radius 2 is 2.00 bits per heavy atom. The van der Waals surface area contributed by atoms with E-state index in [2.05, 4.69) is 18.7 Å². The van der Waals surface area contributed by atoms with Crippen LogP contribution in [0, 0.1) is 5.92 Å². The molecule has 19 heavy (non-hydrogen) atoms. The molecule has 3 rings (SSSR count). The highest BCUT2D eigenvalue weighted by molar-refractivity contribution is 5.37. The lowest BCUT2D eigenvalue weighted by Crippen LogP contribution is -2.53. The van der Waals surface area contributed by atoms with Crippen LogP contribution in [0.4, 0.5) is 0 Å². The van der Waals surface area contributed by atoms with Crippen molar-refractivity contribution in [2.24, 2.45) is 5.92 Å². The van der Waals surface area contributed by atoms with Crippen molar-refractivity contribution in [1.29, 1.82) is 0 Å². The minimum Gasteiger partial charge on any atom is -0.491 e. The summed E-state index contributed by atoms with van der Waals surface area (Å²) in [5, 5.41) is 10.7. The summed E-state index contributed by atoms with van der Waals surface area (Å²) < 4.78 is 5.84. The first kappa shape index (κ1) is 12.9. The molecule has 1 N–H and O–H groups in total. The van der Waals surface area contributed by atoms with Gasteiger partial charge in [-0.2, -0.15) is 0 Å². The van der Waals surface area contributed by atoms with E-state index >= 15 is 0 Å². The van der Waals surface area contributed by atoms with E-state index in [1.807, 2.05) is 24.3 Å². The van der Waals surface area contributed by atoms with Crippen molar-refractivity contribution in [3.63, 3.8) is 0 Å². The van der Waals surface area contributed by atoms with Crippen molar-refractivity contribution in [3.05, 3.63) is 29.8 Å². The van der Waals surface area contributed by atoms with Gasteiger partial charge in [-0.1, -0.05) is 25.1 Å². The third-order valence-corrected chi connectivity index (χ3v) is 4.60. The van der Waals surface area contributed by atoms with E-state index in [0.29, 0.717) is 18.6 Å². The highest BCUT2D eigenvalue weighted by atomic mass is 16.5. The van der Waals surface area contributed by atoms with Crippen molar-refractivity contribution in [3.8, 4) is 5.75 Å². The second kappa shape index (κ2) is 5.14. The summed E-state index contributed by atoms with van der Waals surface area (Å²) in [6.07, 6.45) is 2.07. The van der Waals surface area contributed by atoms with Gasteiger partial charge in [0, 0.05) is 18.2 Å². The average Bonchev–Trinajstić information content (AvgIpc) is 2.43. The van der Waals surface area contributed by atoms with E-state index in [4.69, 9.17) is 4.74 Å². The molecule has 0 bridgehead atoms. The van der Waals surface area contributed by atoms with Gasteiger partial charge >= 0.3 is 0 Å². The van der Waals surface area contributed by atoms with Crippen molar-refractivity contribution >= 4 is 0 Å². The molecule has 104 valence electrons. The number of hydrogen-bond acceptors (Lipinski definition) is 3. The zero-order valence-corrected chi connectivity index (χ0v) is 11.7. The molecule has 0 aromatic heterocycles. The maximum Gasteiger partial charge on any atom is 0.125 e. The number of aliphatic hydroxyl groups is 1. The topological polar surface area (TPSA) is 32.7 Å². The fourth-order valence-electron chi connectivity index (χ4n) is 3.39. The lowest BCUT2D eigenvalue weighted by molar-refractivity contribution is -0.0341. The number of aliphatic hydroxyl groups excluding tert-OH is 1. The second-order valence-corrected chi connectivity index (χ2v) is 6.09. The molecule has 2 heterocycles. The molecular formula is C16H23NO2. The smallest absolute Gasteiger partial charge is 0.125 e. The molecule has 4 atom stereocenters. The Labute approximate surface area is 115 Å². The number of hydrogen-bond donors (Lipinski definition) is 1. The molecule has 1 saturated heterocycles. The maximum atomic E-state index is 10.7. The number of ether oxygens (including phenoxy) is 1. The predicted octanol–water partition coefficient (Wildman–Crippen LogP) is 2.60. The summed E-state index contributed by atoms with van der Waals surface area (Å²) in [5.74, 6) is 1.55. The molecule has 0 spiro atoms. The van der Waals surface area contributed by atoms with E-state index in [9.17, 15) is 5.11 Å². The molecule has 2 aliphatic rings. The zero-order valence-electron chi connectivity index (χ0n) is 11.7. The van der Waals surface area contributed by atoms with E-state index in [1.165, 1.54) is 12.8 Å². The van der Waals surface area contributed by atoms with Gasteiger partial charge in [0.2, 0.25) is 0 Å². The number of fused-ring (bicyclic) bond motifs is 1. The van der Waals surface area contributed by atoms with Crippen LogP contribution >= 0.6 is 0 Å². The Kier molecular flexibility index (Phi) is 3.50. The van der Waals surface area contributed by atoms with Gasteiger partial charge in [0.05, 0.1) is 6.04 Å². The molecule has 4 unspecified atom stereocenters. The largest absolute Gasteiger partial charge is 0.491 e. The molecule has 3 heteroatoms. The molecule has 0 amide bonds. The fourth-order valence-corrected chi connectivity index (χ4v) is 3.39. The van der Waals surface area contributed by atoms with Crippen LogP contribution in [0.3, 0.4) is 0 Å². The van der Waals surface area contributed by atoms with Gasteiger partial charge in [-0.15, -0.1) is 0 Å². The molecular weight excluding hydrogens is 238 g/mol. The van der Waals surface area contributed by atoms with Crippen LogP contribution in [-0.4, -0.2) is 35.2 Å². The molecule has 0 saturated carbocycles. The summed E-state index contributed by atoms with van der Waals surface area (Å²) in [6, 6.07) is 8.46. The van der Waals surface area contributed by atoms with Crippen LogP contribution in [0.15, 0.2) is 24.3 Å². The van der Waals surface area contributed by atoms with Crippen molar-refractivity contribution in [1.82, 2.24) is 4.90 Å². The van der Waals surface area contributed by atoms with Crippen LogP contribution < -0.4 is 4.74 Å². The van der Waals surface area contributed by atoms with E-state index in [1.54, 1.807) is 0 Å². The lowest BCUT2D eigenvalue weighted by Gasteiger charge is -2.45. The number of likely N-dealkylation sites (tertiary alicyclic amines) is 1. The van der Waals surface area contributed by atoms with Gasteiger partial charge in [0.1, 0.15) is 18.5 Å². The molecule has 1 aromatic rings. The Morgan fingerprint density at radius 3 is 2.84 bits per heavy atom. The Morgan fingerprint density at radius 1 is 1.21 bits per heavy atom. The first-order chi connectivity index (χ1) is 9.16. The molecule has 0 radical (unpaired) electrons. The van der Waals surface area contributed by atoms with Gasteiger partial charge in [-0.25, -0.2) is 0 Å². The highest BCUT2D eigenvalue weighted by Gasteiger charge is 2.37. The van der Waals surface area contributed by atoms with Gasteiger partial charge in [-0.05, 0) is 31.7 Å². The molecule has 3 nitrogen and oxygen atoms in total. The third-order valence-electron chi connectivity index (χ3n) is 4.60. The lowest BCUT2D eigenvalue weighted by atomic mass is 9.90. The minimum absolute atomic E-state index is 0.0904. The fraction of sp³-hybridized carbons (Fsp3) is 0.625. The van der Waals surface area contributed by atoms with Gasteiger partial charge in [0.25, 0.3) is 0 Å². The number of nitrogens with zero attached hydrogens (tertiary/aromatic N) is 1. The summed E-state index contributed by atoms with van der Waals surface area (Å²) in [4.78, 5) is 2.44. The average molecular weight is 261 g/mol. The van der Waals surface area contributed by atoms with Crippen molar-refractivity contribution < 1.29 is 9.84 Å². The van der Waals surface area contributed by atoms with E-state index < -0.39 is 6.10 Å². The number of para-hydroxylation sites is 1. The van der Waals surface area contributed by atoms with Crippen LogP contribution in [0.5, 0.6) is 5.75 Å². The first-order valence-electron chi connectivity index (χ1n) is 7.32. The maximum absolute atomic E-state index is 10.7. The number of piperidine rings is 1. The SMILES string of the molecule is CC1CCC(C)N(C2COc3ccccc3C2O)C1. The van der Waals surface area contributed by atoms with Gasteiger partial charge < -0.3 is 9.84 Å². The van der Waals surface area contributed by atoms with E-state index in [-0.39, 0.29) is 6.04 Å². The molecule has 0 aliphatic carbocycles. The first-order valence-corrected chi connectivity index (χ1v) is 7.32. The summed E-state index contributed by atoms with van der Waals surface area (Å²) in [7, 11) is 0. The summed E-state index contributed by atoms with van der Waals surface area (Å²) in [6.45, 7) is 6.21. The number of rotatable bonds is 1. The Bertz CT molecular complexity index is 448. The van der Waals surface area contributed by atoms with Crippen LogP contribution in [-0.2, 0) is 0 Å². The van der Waals surface area contributed by atoms with Crippen LogP contribution in [0.2, 0.25) is 0 Å². The highest BCUT2D eigenvalue weighted by Crippen LogP contribution is 2.36. The van der Waals surface area contributed by atoms with Crippen molar-refractivity contribution in [2.75, 3.05) is 13.2 Å². The third kappa shape index (κ3) is 2.37. The number of benzene rings is 1. The van der Waals surface area contributed by atoms with Crippen LogP contribution in [0.1, 0.15) is 38.4 Å². The monoisotopic (exact) mass is 261 g/mol. The Hall–Kier alpha value is -1.06. The minimum atomic E-state index is -0.433. The quantitative estimate of drug-likeness (QED) is 0.843. The summed E-state index contributed by atoms with van der Waals surface area (Å²) in [5.41, 5.74) is 0.934. The van der Waals surface area contributed by atoms with Crippen molar-refractivity contribution in [2.45, 2.75) is 44.9 Å².